The number of hydrogen-bond acceptors (Lipinski definition) is 3. The molecule has 0 radical (unpaired) electrons. The molecule has 0 amide bonds. The highest BCUT2D eigenvalue weighted by Crippen LogP contribution is 2.35. The topological polar surface area (TPSA) is 53.2 Å². The van der Waals surface area contributed by atoms with Gasteiger partial charge in [0.05, 0.1) is 5.56 Å². The van der Waals surface area contributed by atoms with Gasteiger partial charge in [-0.15, -0.1) is 13.2 Å². The molecule has 1 N–H and O–H groups in total. The van der Waals surface area contributed by atoms with E-state index in [0.29, 0.717) is 5.56 Å². The Hall–Kier alpha value is -2.68. The number of aromatic hydroxyl groups is 1. The summed E-state index contributed by atoms with van der Waals surface area (Å²) in [6, 6.07) is 11.3. The molecule has 0 fully saturated rings. The summed E-state index contributed by atoms with van der Waals surface area (Å²) in [5, 5.41) is 18.3. The standard InChI is InChI=1S/C14H8F3NO2/c15-14(16,17)20-13-4-2-1-3-11(13)9-5-6-10(8-18)12(19)7-9/h1-7,19H. The molecule has 0 saturated heterocycles. The molecule has 0 aliphatic carbocycles. The number of para-hydroxylation sites is 1. The normalized spacial score (nSPS) is 10.9. The second-order valence-electron chi connectivity index (χ2n) is 3.89. The van der Waals surface area contributed by atoms with Crippen LogP contribution in [-0.2, 0) is 0 Å². The lowest BCUT2D eigenvalue weighted by molar-refractivity contribution is -0.274. The molecule has 0 unspecified atom stereocenters. The Morgan fingerprint density at radius 2 is 1.80 bits per heavy atom. The molecular formula is C14H8F3NO2. The third-order valence-electron chi connectivity index (χ3n) is 2.54. The fraction of sp³-hybridized carbons (Fsp3) is 0.0714. The summed E-state index contributed by atoms with van der Waals surface area (Å²) in [5.41, 5.74) is 0.536. The minimum Gasteiger partial charge on any atom is -0.507 e. The quantitative estimate of drug-likeness (QED) is 0.908. The molecule has 0 heterocycles. The lowest BCUT2D eigenvalue weighted by Gasteiger charge is -2.13. The maximum Gasteiger partial charge on any atom is 0.573 e. The van der Waals surface area contributed by atoms with Gasteiger partial charge in [-0.25, -0.2) is 0 Å². The van der Waals surface area contributed by atoms with Crippen molar-refractivity contribution in [2.45, 2.75) is 6.36 Å². The first-order valence-electron chi connectivity index (χ1n) is 5.49. The van der Waals surface area contributed by atoms with E-state index in [1.54, 1.807) is 12.1 Å². The Morgan fingerprint density at radius 1 is 1.10 bits per heavy atom. The van der Waals surface area contributed by atoms with Gasteiger partial charge >= 0.3 is 6.36 Å². The Morgan fingerprint density at radius 3 is 2.40 bits per heavy atom. The van der Waals surface area contributed by atoms with E-state index < -0.39 is 6.36 Å². The second-order valence-corrected chi connectivity index (χ2v) is 3.89. The van der Waals surface area contributed by atoms with Gasteiger partial charge in [0.25, 0.3) is 0 Å². The molecule has 2 rings (SSSR count). The molecule has 6 heteroatoms. The van der Waals surface area contributed by atoms with Gasteiger partial charge < -0.3 is 9.84 Å². The van der Waals surface area contributed by atoms with Crippen LogP contribution in [0.15, 0.2) is 42.5 Å². The predicted molar refractivity (Wildman–Crippen MR) is 64.9 cm³/mol. The number of halogens is 3. The molecule has 0 bridgehead atoms. The molecule has 0 aromatic heterocycles. The molecular weight excluding hydrogens is 271 g/mol. The number of nitrogens with zero attached hydrogens (tertiary/aromatic N) is 1. The monoisotopic (exact) mass is 279 g/mol. The number of alkyl halides is 3. The zero-order valence-corrected chi connectivity index (χ0v) is 9.98. The SMILES string of the molecule is N#Cc1ccc(-c2ccccc2OC(F)(F)F)cc1O. The number of rotatable bonds is 2. The zero-order valence-electron chi connectivity index (χ0n) is 9.98. The average Bonchev–Trinajstić information content (AvgIpc) is 2.37. The number of benzene rings is 2. The van der Waals surface area contributed by atoms with Crippen LogP contribution in [0.2, 0.25) is 0 Å². The van der Waals surface area contributed by atoms with Crippen molar-refractivity contribution in [1.82, 2.24) is 0 Å². The Labute approximate surface area is 112 Å². The maximum absolute atomic E-state index is 12.3. The van der Waals surface area contributed by atoms with E-state index in [1.807, 2.05) is 0 Å². The highest BCUT2D eigenvalue weighted by molar-refractivity contribution is 5.72. The lowest BCUT2D eigenvalue weighted by Crippen LogP contribution is -2.17. The predicted octanol–water partition coefficient (Wildman–Crippen LogP) is 3.83. The van der Waals surface area contributed by atoms with Crippen molar-refractivity contribution in [3.8, 4) is 28.7 Å². The van der Waals surface area contributed by atoms with Gasteiger partial charge in [-0.2, -0.15) is 5.26 Å². The number of hydrogen-bond donors (Lipinski definition) is 1. The van der Waals surface area contributed by atoms with Crippen LogP contribution in [0, 0.1) is 11.3 Å². The molecule has 102 valence electrons. The third kappa shape index (κ3) is 3.01. The summed E-state index contributed by atoms with van der Waals surface area (Å²) in [7, 11) is 0. The van der Waals surface area contributed by atoms with Crippen molar-refractivity contribution in [2.75, 3.05) is 0 Å². The van der Waals surface area contributed by atoms with Crippen LogP contribution in [0.3, 0.4) is 0 Å². The smallest absolute Gasteiger partial charge is 0.507 e. The summed E-state index contributed by atoms with van der Waals surface area (Å²) >= 11 is 0. The molecule has 0 atom stereocenters. The van der Waals surface area contributed by atoms with Crippen molar-refractivity contribution < 1.29 is 23.0 Å². The van der Waals surface area contributed by atoms with Crippen molar-refractivity contribution in [1.29, 1.82) is 5.26 Å². The largest absolute Gasteiger partial charge is 0.573 e. The number of phenolic OH excluding ortho intramolecular Hbond substituents is 1. The summed E-state index contributed by atoms with van der Waals surface area (Å²) in [6.07, 6.45) is -4.80. The number of nitriles is 1. The Kier molecular flexibility index (Phi) is 3.53. The van der Waals surface area contributed by atoms with E-state index >= 15 is 0 Å². The fourth-order valence-electron chi connectivity index (χ4n) is 1.71. The first-order valence-corrected chi connectivity index (χ1v) is 5.49. The highest BCUT2D eigenvalue weighted by Gasteiger charge is 2.32. The van der Waals surface area contributed by atoms with Crippen molar-refractivity contribution in [2.24, 2.45) is 0 Å². The summed E-state index contributed by atoms with van der Waals surface area (Å²) in [4.78, 5) is 0. The molecule has 0 spiro atoms. The van der Waals surface area contributed by atoms with Crippen molar-refractivity contribution in [3.05, 3.63) is 48.0 Å². The van der Waals surface area contributed by atoms with Crippen LogP contribution in [0.25, 0.3) is 11.1 Å². The van der Waals surface area contributed by atoms with Crippen LogP contribution in [0.5, 0.6) is 11.5 Å². The van der Waals surface area contributed by atoms with E-state index in [2.05, 4.69) is 4.74 Å². The van der Waals surface area contributed by atoms with Gasteiger partial charge in [-0.3, -0.25) is 0 Å². The highest BCUT2D eigenvalue weighted by atomic mass is 19.4. The zero-order chi connectivity index (χ0) is 14.8. The molecule has 0 saturated carbocycles. The minimum absolute atomic E-state index is 0.0444. The van der Waals surface area contributed by atoms with Crippen LogP contribution in [0.1, 0.15) is 5.56 Å². The fourth-order valence-corrected chi connectivity index (χ4v) is 1.71. The molecule has 20 heavy (non-hydrogen) atoms. The molecule has 0 aliphatic heterocycles. The van der Waals surface area contributed by atoms with Gasteiger partial charge in [0.15, 0.2) is 0 Å². The van der Waals surface area contributed by atoms with E-state index in [1.165, 1.54) is 36.4 Å². The third-order valence-corrected chi connectivity index (χ3v) is 2.54. The average molecular weight is 279 g/mol. The number of ether oxygens (including phenoxy) is 1. The Balaban J connectivity index is 2.48. The lowest BCUT2D eigenvalue weighted by atomic mass is 10.0. The van der Waals surface area contributed by atoms with E-state index in [-0.39, 0.29) is 22.6 Å². The molecule has 2 aromatic rings. The Bertz CT molecular complexity index is 675. The second kappa shape index (κ2) is 5.13. The van der Waals surface area contributed by atoms with Gasteiger partial charge in [0.1, 0.15) is 17.6 Å². The van der Waals surface area contributed by atoms with Gasteiger partial charge in [0, 0.05) is 5.56 Å². The molecule has 3 nitrogen and oxygen atoms in total. The summed E-state index contributed by atoms with van der Waals surface area (Å²) < 4.78 is 40.9. The van der Waals surface area contributed by atoms with Crippen LogP contribution in [0.4, 0.5) is 13.2 Å². The number of phenols is 1. The van der Waals surface area contributed by atoms with Gasteiger partial charge in [-0.1, -0.05) is 24.3 Å². The van der Waals surface area contributed by atoms with Crippen LogP contribution < -0.4 is 4.74 Å². The van der Waals surface area contributed by atoms with E-state index in [4.69, 9.17) is 5.26 Å². The van der Waals surface area contributed by atoms with Gasteiger partial charge in [0.2, 0.25) is 0 Å². The van der Waals surface area contributed by atoms with Crippen molar-refractivity contribution >= 4 is 0 Å². The van der Waals surface area contributed by atoms with E-state index in [0.717, 1.165) is 0 Å². The van der Waals surface area contributed by atoms with Crippen LogP contribution >= 0.6 is 0 Å². The first kappa shape index (κ1) is 13.7. The molecule has 2 aromatic carbocycles. The first-order chi connectivity index (χ1) is 9.40. The molecule has 0 aliphatic rings. The van der Waals surface area contributed by atoms with Gasteiger partial charge in [-0.05, 0) is 23.8 Å². The summed E-state index contributed by atoms with van der Waals surface area (Å²) in [5.74, 6) is -0.670. The minimum atomic E-state index is -4.80. The summed E-state index contributed by atoms with van der Waals surface area (Å²) in [6.45, 7) is 0. The van der Waals surface area contributed by atoms with Crippen molar-refractivity contribution in [3.63, 3.8) is 0 Å². The van der Waals surface area contributed by atoms with E-state index in [9.17, 15) is 18.3 Å². The van der Waals surface area contributed by atoms with Crippen LogP contribution in [-0.4, -0.2) is 11.5 Å². The maximum atomic E-state index is 12.3.